The number of carbonyl (C=O) groups excluding carboxylic acids is 2. The van der Waals surface area contributed by atoms with E-state index < -0.39 is 5.54 Å². The number of amides is 2. The lowest BCUT2D eigenvalue weighted by Gasteiger charge is -2.44. The lowest BCUT2D eigenvalue weighted by atomic mass is 9.93. The number of halogens is 1. The van der Waals surface area contributed by atoms with Crippen LogP contribution in [-0.2, 0) is 17.9 Å². The van der Waals surface area contributed by atoms with Gasteiger partial charge in [0, 0.05) is 18.0 Å². The smallest absolute Gasteiger partial charge is 0.271 e. The topological polar surface area (TPSA) is 72.8 Å². The Kier molecular flexibility index (Phi) is 5.91. The average Bonchev–Trinajstić information content (AvgIpc) is 3.50. The molecule has 1 fully saturated rings. The van der Waals surface area contributed by atoms with Crippen molar-refractivity contribution < 1.29 is 23.5 Å². The molecule has 1 aliphatic carbocycles. The molecule has 1 aliphatic heterocycles. The van der Waals surface area contributed by atoms with Gasteiger partial charge in [0.2, 0.25) is 5.91 Å². The molecule has 0 spiro atoms. The fraction of sp³-hybridized carbons (Fsp3) is 0.407. The number of fused-ring (bicyclic) bond motifs is 3. The molecule has 8 heteroatoms. The lowest BCUT2D eigenvalue weighted by molar-refractivity contribution is -0.133. The van der Waals surface area contributed by atoms with Gasteiger partial charge in [0.05, 0.1) is 26.3 Å². The van der Waals surface area contributed by atoms with E-state index in [1.54, 1.807) is 56.4 Å². The van der Waals surface area contributed by atoms with Gasteiger partial charge >= 0.3 is 0 Å². The summed E-state index contributed by atoms with van der Waals surface area (Å²) in [5, 5.41) is 3.94. The zero-order chi connectivity index (χ0) is 24.7. The summed E-state index contributed by atoms with van der Waals surface area (Å²) in [6.07, 6.45) is 4.05. The normalized spacial score (nSPS) is 20.2. The van der Waals surface area contributed by atoms with Crippen LogP contribution in [0.3, 0.4) is 0 Å². The summed E-state index contributed by atoms with van der Waals surface area (Å²) in [5.74, 6) is 0.419. The SMILES string of the molecule is COc1ccc(OC)c2c1cc1n2CC(C)(C(=O)NC2CCCC2)N(Cc2ccc(F)cc2)C1=O. The van der Waals surface area contributed by atoms with Gasteiger partial charge < -0.3 is 24.3 Å². The van der Waals surface area contributed by atoms with E-state index in [1.165, 1.54) is 12.1 Å². The fourth-order valence-electron chi connectivity index (χ4n) is 5.39. The molecule has 1 unspecified atom stereocenters. The molecule has 35 heavy (non-hydrogen) atoms. The van der Waals surface area contributed by atoms with Gasteiger partial charge in [0.1, 0.15) is 28.5 Å². The zero-order valence-electron chi connectivity index (χ0n) is 20.3. The van der Waals surface area contributed by atoms with E-state index in [2.05, 4.69) is 5.32 Å². The molecule has 1 aromatic heterocycles. The molecular formula is C27H30FN3O4. The number of hydrogen-bond acceptors (Lipinski definition) is 4. The molecule has 2 aliphatic rings. The summed E-state index contributed by atoms with van der Waals surface area (Å²) >= 11 is 0. The minimum Gasteiger partial charge on any atom is -0.496 e. The number of rotatable bonds is 6. The summed E-state index contributed by atoms with van der Waals surface area (Å²) in [4.78, 5) is 29.4. The first-order chi connectivity index (χ1) is 16.9. The van der Waals surface area contributed by atoms with Crippen LogP contribution in [0.5, 0.6) is 11.5 Å². The van der Waals surface area contributed by atoms with E-state index in [0.717, 1.165) is 42.1 Å². The Morgan fingerprint density at radius 1 is 1.09 bits per heavy atom. The summed E-state index contributed by atoms with van der Waals surface area (Å²) < 4.78 is 26.6. The van der Waals surface area contributed by atoms with Gasteiger partial charge in [-0.2, -0.15) is 0 Å². The van der Waals surface area contributed by atoms with Gasteiger partial charge in [-0.3, -0.25) is 9.59 Å². The van der Waals surface area contributed by atoms with Crippen LogP contribution in [0.1, 0.15) is 48.7 Å². The molecule has 2 aromatic carbocycles. The van der Waals surface area contributed by atoms with Gasteiger partial charge in [0.25, 0.3) is 5.91 Å². The maximum absolute atomic E-state index is 14.0. The average molecular weight is 480 g/mol. The molecule has 1 atom stereocenters. The third kappa shape index (κ3) is 3.90. The fourth-order valence-corrected chi connectivity index (χ4v) is 5.39. The highest BCUT2D eigenvalue weighted by Gasteiger charge is 2.48. The van der Waals surface area contributed by atoms with E-state index in [-0.39, 0.29) is 36.8 Å². The molecule has 7 nitrogen and oxygen atoms in total. The van der Waals surface area contributed by atoms with Crippen molar-refractivity contribution in [3.8, 4) is 11.5 Å². The molecule has 5 rings (SSSR count). The summed E-state index contributed by atoms with van der Waals surface area (Å²) in [6.45, 7) is 2.24. The highest BCUT2D eigenvalue weighted by Crippen LogP contribution is 2.40. The summed E-state index contributed by atoms with van der Waals surface area (Å²) in [7, 11) is 3.17. The van der Waals surface area contributed by atoms with Crippen molar-refractivity contribution in [1.82, 2.24) is 14.8 Å². The minimum absolute atomic E-state index is 0.111. The van der Waals surface area contributed by atoms with Crippen molar-refractivity contribution in [3.05, 3.63) is 59.5 Å². The van der Waals surface area contributed by atoms with Crippen LogP contribution in [0.4, 0.5) is 4.39 Å². The molecule has 2 amide bonds. The highest BCUT2D eigenvalue weighted by atomic mass is 19.1. The van der Waals surface area contributed by atoms with E-state index in [9.17, 15) is 14.0 Å². The molecule has 0 saturated heterocycles. The molecule has 1 N–H and O–H groups in total. The number of carbonyl (C=O) groups is 2. The van der Waals surface area contributed by atoms with Crippen molar-refractivity contribution in [1.29, 1.82) is 0 Å². The van der Waals surface area contributed by atoms with Gasteiger partial charge in [-0.1, -0.05) is 25.0 Å². The number of nitrogens with one attached hydrogen (secondary N) is 1. The zero-order valence-corrected chi connectivity index (χ0v) is 20.3. The van der Waals surface area contributed by atoms with Crippen molar-refractivity contribution in [2.75, 3.05) is 14.2 Å². The van der Waals surface area contributed by atoms with Crippen LogP contribution < -0.4 is 14.8 Å². The van der Waals surface area contributed by atoms with Crippen LogP contribution in [0.15, 0.2) is 42.5 Å². The lowest BCUT2D eigenvalue weighted by Crippen LogP contribution is -2.64. The molecule has 184 valence electrons. The number of ether oxygens (including phenoxy) is 2. The Hall–Kier alpha value is -3.55. The van der Waals surface area contributed by atoms with Gasteiger partial charge in [0.15, 0.2) is 0 Å². The predicted molar refractivity (Wildman–Crippen MR) is 130 cm³/mol. The Bertz CT molecular complexity index is 1280. The van der Waals surface area contributed by atoms with Crippen LogP contribution in [0.2, 0.25) is 0 Å². The van der Waals surface area contributed by atoms with Crippen molar-refractivity contribution in [2.24, 2.45) is 0 Å². The summed E-state index contributed by atoms with van der Waals surface area (Å²) in [6, 6.07) is 11.5. The van der Waals surface area contributed by atoms with Crippen molar-refractivity contribution in [3.63, 3.8) is 0 Å². The molecule has 1 saturated carbocycles. The molecule has 0 bridgehead atoms. The van der Waals surface area contributed by atoms with Gasteiger partial charge in [-0.25, -0.2) is 4.39 Å². The van der Waals surface area contributed by atoms with Crippen molar-refractivity contribution in [2.45, 2.75) is 57.3 Å². The number of methoxy groups -OCH3 is 2. The number of nitrogens with zero attached hydrogens (tertiary/aromatic N) is 2. The Labute approximate surface area is 203 Å². The number of hydrogen-bond donors (Lipinski definition) is 1. The first kappa shape index (κ1) is 23.2. The first-order valence-electron chi connectivity index (χ1n) is 12.0. The monoisotopic (exact) mass is 479 g/mol. The minimum atomic E-state index is -1.17. The number of benzene rings is 2. The Morgan fingerprint density at radius 2 is 1.74 bits per heavy atom. The van der Waals surface area contributed by atoms with E-state index in [0.29, 0.717) is 17.2 Å². The second kappa shape index (κ2) is 8.91. The van der Waals surface area contributed by atoms with E-state index >= 15 is 0 Å². The standard InChI is InChI=1S/C27H30FN3O4/c1-27(26(33)29-19-6-4-5-7-19)16-30-21(14-20-22(34-2)12-13-23(35-3)24(20)30)25(32)31(27)15-17-8-10-18(28)11-9-17/h8-14,19H,4-7,15-16H2,1-3H3,(H,29,33). The predicted octanol–water partition coefficient (Wildman–Crippen LogP) is 4.27. The summed E-state index contributed by atoms with van der Waals surface area (Å²) in [5.41, 5.74) is 0.758. The highest BCUT2D eigenvalue weighted by molar-refractivity contribution is 6.05. The quantitative estimate of drug-likeness (QED) is 0.573. The van der Waals surface area contributed by atoms with Crippen molar-refractivity contribution >= 4 is 22.7 Å². The largest absolute Gasteiger partial charge is 0.496 e. The van der Waals surface area contributed by atoms with Crippen LogP contribution in [0.25, 0.3) is 10.9 Å². The third-order valence-corrected chi connectivity index (χ3v) is 7.38. The third-order valence-electron chi connectivity index (χ3n) is 7.38. The molecule has 0 radical (unpaired) electrons. The second-order valence-electron chi connectivity index (χ2n) is 9.59. The van der Waals surface area contributed by atoms with E-state index in [4.69, 9.17) is 9.47 Å². The first-order valence-corrected chi connectivity index (χ1v) is 12.0. The maximum atomic E-state index is 14.0. The van der Waals surface area contributed by atoms with Crippen LogP contribution in [0, 0.1) is 5.82 Å². The Morgan fingerprint density at radius 3 is 2.40 bits per heavy atom. The van der Waals surface area contributed by atoms with Crippen LogP contribution in [-0.4, -0.2) is 47.1 Å². The van der Waals surface area contributed by atoms with Gasteiger partial charge in [-0.15, -0.1) is 0 Å². The van der Waals surface area contributed by atoms with E-state index in [1.807, 2.05) is 4.57 Å². The maximum Gasteiger partial charge on any atom is 0.271 e. The Balaban J connectivity index is 1.63. The molecule has 3 aromatic rings. The molecular weight excluding hydrogens is 449 g/mol. The van der Waals surface area contributed by atoms with Gasteiger partial charge in [-0.05, 0) is 55.7 Å². The second-order valence-corrected chi connectivity index (χ2v) is 9.59. The number of aromatic nitrogens is 1. The van der Waals surface area contributed by atoms with Crippen LogP contribution >= 0.6 is 0 Å². The molecule has 2 heterocycles.